The van der Waals surface area contributed by atoms with Gasteiger partial charge in [0.25, 0.3) is 0 Å². The van der Waals surface area contributed by atoms with Crippen molar-refractivity contribution in [3.05, 3.63) is 24.3 Å². The minimum atomic E-state index is -0.764. The van der Waals surface area contributed by atoms with Gasteiger partial charge in [-0.2, -0.15) is 0 Å². The Morgan fingerprint density at radius 3 is 2.15 bits per heavy atom. The third-order valence-electron chi connectivity index (χ3n) is 5.56. The molecule has 0 bridgehead atoms. The minimum Gasteiger partial charge on any atom is -0.326 e. The average molecular weight is 380 g/mol. The molecule has 2 aliphatic carbocycles. The Labute approximate surface area is 161 Å². The van der Waals surface area contributed by atoms with Crippen LogP contribution >= 0.6 is 12.4 Å². The Kier molecular flexibility index (Phi) is 7.47. The van der Waals surface area contributed by atoms with Crippen molar-refractivity contribution in [2.24, 2.45) is 11.7 Å². The maximum atomic E-state index is 12.5. The number of amides is 2. The van der Waals surface area contributed by atoms with E-state index in [0.29, 0.717) is 5.69 Å². The van der Waals surface area contributed by atoms with Crippen molar-refractivity contribution in [3.63, 3.8) is 0 Å². The van der Waals surface area contributed by atoms with E-state index < -0.39 is 5.54 Å². The molecule has 0 radical (unpaired) electrons. The van der Waals surface area contributed by atoms with E-state index in [0.717, 1.165) is 63.5 Å². The Morgan fingerprint density at radius 1 is 0.923 bits per heavy atom. The SMILES string of the molecule is Cl.NC1(C(=O)Nc2cccc(NC(=O)C3CCCCC3)c2)CCCCC1. The van der Waals surface area contributed by atoms with Crippen LogP contribution in [0.15, 0.2) is 24.3 Å². The lowest BCUT2D eigenvalue weighted by Gasteiger charge is -2.31. The van der Waals surface area contributed by atoms with Crippen LogP contribution in [0.25, 0.3) is 0 Å². The van der Waals surface area contributed by atoms with Gasteiger partial charge in [-0.25, -0.2) is 0 Å². The Balaban J connectivity index is 0.00000243. The van der Waals surface area contributed by atoms with Crippen molar-refractivity contribution < 1.29 is 9.59 Å². The highest BCUT2D eigenvalue weighted by Crippen LogP contribution is 2.28. The largest absolute Gasteiger partial charge is 0.326 e. The average Bonchev–Trinajstić information content (AvgIpc) is 2.63. The Bertz CT molecular complexity index is 623. The fourth-order valence-corrected chi connectivity index (χ4v) is 3.95. The van der Waals surface area contributed by atoms with Crippen LogP contribution in [0.2, 0.25) is 0 Å². The molecule has 0 unspecified atom stereocenters. The molecule has 0 atom stereocenters. The molecule has 0 spiro atoms. The molecule has 2 fully saturated rings. The van der Waals surface area contributed by atoms with Gasteiger partial charge in [0.1, 0.15) is 0 Å². The van der Waals surface area contributed by atoms with Crippen LogP contribution in [0, 0.1) is 5.92 Å². The van der Waals surface area contributed by atoms with Crippen LogP contribution in [-0.2, 0) is 9.59 Å². The van der Waals surface area contributed by atoms with Gasteiger partial charge in [-0.3, -0.25) is 9.59 Å². The van der Waals surface area contributed by atoms with Gasteiger partial charge in [0.15, 0.2) is 0 Å². The zero-order valence-electron chi connectivity index (χ0n) is 15.3. The summed E-state index contributed by atoms with van der Waals surface area (Å²) in [4.78, 5) is 24.9. The van der Waals surface area contributed by atoms with Crippen LogP contribution in [0.4, 0.5) is 11.4 Å². The minimum absolute atomic E-state index is 0. The fourth-order valence-electron chi connectivity index (χ4n) is 3.95. The zero-order chi connectivity index (χ0) is 17.7. The third kappa shape index (κ3) is 5.21. The number of halogens is 1. The Hall–Kier alpha value is -1.59. The lowest BCUT2D eigenvalue weighted by atomic mass is 9.82. The molecule has 0 aromatic heterocycles. The molecule has 1 aromatic carbocycles. The van der Waals surface area contributed by atoms with E-state index in [1.165, 1.54) is 6.42 Å². The molecule has 6 heteroatoms. The first kappa shape index (κ1) is 20.7. The van der Waals surface area contributed by atoms with Crippen molar-refractivity contribution in [2.45, 2.75) is 69.7 Å². The summed E-state index contributed by atoms with van der Waals surface area (Å²) in [5, 5.41) is 5.92. The number of carbonyl (C=O) groups is 2. The molecule has 0 aliphatic heterocycles. The molecule has 4 N–H and O–H groups in total. The van der Waals surface area contributed by atoms with Gasteiger partial charge in [-0.1, -0.05) is 44.6 Å². The molecule has 0 heterocycles. The smallest absolute Gasteiger partial charge is 0.244 e. The van der Waals surface area contributed by atoms with Crippen LogP contribution < -0.4 is 16.4 Å². The number of hydrogen-bond donors (Lipinski definition) is 3. The van der Waals surface area contributed by atoms with Gasteiger partial charge in [-0.05, 0) is 43.9 Å². The second kappa shape index (κ2) is 9.38. The van der Waals surface area contributed by atoms with Crippen molar-refractivity contribution in [1.29, 1.82) is 0 Å². The molecule has 3 rings (SSSR count). The van der Waals surface area contributed by atoms with E-state index in [9.17, 15) is 9.59 Å². The van der Waals surface area contributed by atoms with Gasteiger partial charge in [-0.15, -0.1) is 12.4 Å². The topological polar surface area (TPSA) is 84.2 Å². The summed E-state index contributed by atoms with van der Waals surface area (Å²) in [5.74, 6) is 0.0789. The Morgan fingerprint density at radius 2 is 1.50 bits per heavy atom. The second-order valence-corrected chi connectivity index (χ2v) is 7.58. The van der Waals surface area contributed by atoms with Gasteiger partial charge in [0.2, 0.25) is 11.8 Å². The predicted octanol–water partition coefficient (Wildman–Crippen LogP) is 4.23. The van der Waals surface area contributed by atoms with Gasteiger partial charge in [0, 0.05) is 17.3 Å². The van der Waals surface area contributed by atoms with Crippen molar-refractivity contribution in [2.75, 3.05) is 10.6 Å². The number of hydrogen-bond acceptors (Lipinski definition) is 3. The first-order chi connectivity index (χ1) is 12.1. The second-order valence-electron chi connectivity index (χ2n) is 7.58. The highest BCUT2D eigenvalue weighted by molar-refractivity contribution is 5.99. The van der Waals surface area contributed by atoms with Crippen LogP contribution in [0.5, 0.6) is 0 Å². The first-order valence-electron chi connectivity index (χ1n) is 9.58. The number of nitrogens with one attached hydrogen (secondary N) is 2. The quantitative estimate of drug-likeness (QED) is 0.731. The molecule has 2 saturated carbocycles. The highest BCUT2D eigenvalue weighted by atomic mass is 35.5. The third-order valence-corrected chi connectivity index (χ3v) is 5.56. The van der Waals surface area contributed by atoms with Crippen molar-refractivity contribution in [3.8, 4) is 0 Å². The molecule has 144 valence electrons. The predicted molar refractivity (Wildman–Crippen MR) is 108 cm³/mol. The normalized spacial score (nSPS) is 19.9. The molecule has 26 heavy (non-hydrogen) atoms. The number of benzene rings is 1. The number of nitrogens with two attached hydrogens (primary N) is 1. The van der Waals surface area contributed by atoms with Gasteiger partial charge < -0.3 is 16.4 Å². The van der Waals surface area contributed by atoms with E-state index in [2.05, 4.69) is 10.6 Å². The molecule has 2 aliphatic rings. The molecular weight excluding hydrogens is 350 g/mol. The van der Waals surface area contributed by atoms with E-state index in [-0.39, 0.29) is 30.1 Å². The monoisotopic (exact) mass is 379 g/mol. The summed E-state index contributed by atoms with van der Waals surface area (Å²) in [6.45, 7) is 0. The molecule has 2 amide bonds. The first-order valence-corrected chi connectivity index (χ1v) is 9.58. The van der Waals surface area contributed by atoms with Crippen molar-refractivity contribution >= 4 is 35.6 Å². The van der Waals surface area contributed by atoms with Crippen molar-refractivity contribution in [1.82, 2.24) is 0 Å². The highest BCUT2D eigenvalue weighted by Gasteiger charge is 2.35. The summed E-state index contributed by atoms with van der Waals surface area (Å²) < 4.78 is 0. The van der Waals surface area contributed by atoms with E-state index in [4.69, 9.17) is 5.73 Å². The molecular formula is C20H30ClN3O2. The zero-order valence-corrected chi connectivity index (χ0v) is 16.1. The maximum Gasteiger partial charge on any atom is 0.244 e. The van der Waals surface area contributed by atoms with Gasteiger partial charge in [0.05, 0.1) is 5.54 Å². The summed E-state index contributed by atoms with van der Waals surface area (Å²) in [7, 11) is 0. The van der Waals surface area contributed by atoms with Crippen LogP contribution in [0.3, 0.4) is 0 Å². The summed E-state index contributed by atoms with van der Waals surface area (Å²) in [5.41, 5.74) is 6.93. The fraction of sp³-hybridized carbons (Fsp3) is 0.600. The molecule has 5 nitrogen and oxygen atoms in total. The molecule has 1 aromatic rings. The summed E-state index contributed by atoms with van der Waals surface area (Å²) in [6, 6.07) is 7.34. The standard InChI is InChI=1S/C20H29N3O2.ClH/c21-20(12-5-2-6-13-20)19(25)23-17-11-7-10-16(14-17)22-18(24)15-8-3-1-4-9-15;/h7,10-11,14-15H,1-6,8-9,12-13,21H2,(H,22,24)(H,23,25);1H. The summed E-state index contributed by atoms with van der Waals surface area (Å²) in [6.07, 6.45) is 10.0. The van der Waals surface area contributed by atoms with E-state index >= 15 is 0 Å². The lowest BCUT2D eigenvalue weighted by molar-refractivity contribution is -0.122. The summed E-state index contributed by atoms with van der Waals surface area (Å²) >= 11 is 0. The number of anilines is 2. The van der Waals surface area contributed by atoms with E-state index in [1.807, 2.05) is 24.3 Å². The number of carbonyl (C=O) groups excluding carboxylic acids is 2. The maximum absolute atomic E-state index is 12.5. The lowest BCUT2D eigenvalue weighted by Crippen LogP contribution is -2.52. The van der Waals surface area contributed by atoms with E-state index in [1.54, 1.807) is 0 Å². The van der Waals surface area contributed by atoms with Gasteiger partial charge >= 0.3 is 0 Å². The number of rotatable bonds is 4. The van der Waals surface area contributed by atoms with Crippen LogP contribution in [0.1, 0.15) is 64.2 Å². The molecule has 0 saturated heterocycles. The van der Waals surface area contributed by atoms with Crippen LogP contribution in [-0.4, -0.2) is 17.4 Å².